The van der Waals surface area contributed by atoms with Gasteiger partial charge in [0, 0.05) is 32.0 Å². The normalized spacial score (nSPS) is 11.3. The van der Waals surface area contributed by atoms with E-state index in [1.165, 1.54) is 18.4 Å². The number of hydrogen-bond donors (Lipinski definition) is 1. The summed E-state index contributed by atoms with van der Waals surface area (Å²) in [6.45, 7) is 2.71. The number of hydrogen-bond acceptors (Lipinski definition) is 3. The molecule has 0 saturated carbocycles. The quantitative estimate of drug-likeness (QED) is 0.827. The van der Waals surface area contributed by atoms with Crippen LogP contribution in [0.15, 0.2) is 59.5 Å². The van der Waals surface area contributed by atoms with E-state index in [-0.39, 0.29) is 4.90 Å². The molecule has 2 aromatic rings. The minimum atomic E-state index is -3.48. The summed E-state index contributed by atoms with van der Waals surface area (Å²) in [7, 11) is -0.460. The van der Waals surface area contributed by atoms with E-state index in [2.05, 4.69) is 5.32 Å². The lowest BCUT2D eigenvalue weighted by atomic mass is 10.3. The van der Waals surface area contributed by atoms with E-state index in [1.807, 2.05) is 42.2 Å². The van der Waals surface area contributed by atoms with Crippen molar-refractivity contribution in [3.8, 4) is 0 Å². The third-order valence-corrected chi connectivity index (χ3v) is 5.63. The molecule has 0 aliphatic rings. The maximum atomic E-state index is 12.2. The Labute approximate surface area is 149 Å². The van der Waals surface area contributed by atoms with Gasteiger partial charge in [0.05, 0.1) is 4.90 Å². The minimum Gasteiger partial charge on any atom is -0.332 e. The van der Waals surface area contributed by atoms with Crippen LogP contribution < -0.4 is 10.2 Å². The van der Waals surface area contributed by atoms with Gasteiger partial charge in [0.2, 0.25) is 10.0 Å². The van der Waals surface area contributed by atoms with Gasteiger partial charge in [-0.2, -0.15) is 0 Å². The SMILES string of the molecule is CCN(C(=S)Nc1cccc(S(=O)(=O)N(C)C)c1)c1ccccc1. The van der Waals surface area contributed by atoms with Gasteiger partial charge in [-0.25, -0.2) is 12.7 Å². The highest BCUT2D eigenvalue weighted by atomic mass is 32.2. The summed E-state index contributed by atoms with van der Waals surface area (Å²) in [4.78, 5) is 2.17. The zero-order valence-corrected chi connectivity index (χ0v) is 15.6. The maximum absolute atomic E-state index is 12.2. The number of benzene rings is 2. The van der Waals surface area contributed by atoms with Crippen molar-refractivity contribution in [1.82, 2.24) is 4.31 Å². The fraction of sp³-hybridized carbons (Fsp3) is 0.235. The van der Waals surface area contributed by atoms with E-state index in [9.17, 15) is 8.42 Å². The first-order valence-corrected chi connectivity index (χ1v) is 9.37. The molecule has 0 unspecified atom stereocenters. The lowest BCUT2D eigenvalue weighted by molar-refractivity contribution is 0.521. The topological polar surface area (TPSA) is 52.7 Å². The molecule has 0 fully saturated rings. The third kappa shape index (κ3) is 4.11. The average Bonchev–Trinajstić information content (AvgIpc) is 2.56. The number of nitrogens with zero attached hydrogens (tertiary/aromatic N) is 2. The second kappa shape index (κ2) is 7.74. The molecular weight excluding hydrogens is 342 g/mol. The number of anilines is 2. The van der Waals surface area contributed by atoms with E-state index >= 15 is 0 Å². The monoisotopic (exact) mass is 363 g/mol. The van der Waals surface area contributed by atoms with E-state index in [1.54, 1.807) is 24.3 Å². The standard InChI is InChI=1S/C17H21N3O2S2/c1-4-20(15-10-6-5-7-11-15)17(23)18-14-9-8-12-16(13-14)24(21,22)19(2)3/h5-13H,4H2,1-3H3,(H,18,23). The molecule has 128 valence electrons. The third-order valence-electron chi connectivity index (χ3n) is 3.49. The van der Waals surface area contributed by atoms with Crippen LogP contribution in [-0.2, 0) is 10.0 Å². The van der Waals surface area contributed by atoms with Gasteiger partial charge in [-0.15, -0.1) is 0 Å². The average molecular weight is 364 g/mol. The Morgan fingerprint density at radius 1 is 1.08 bits per heavy atom. The summed E-state index contributed by atoms with van der Waals surface area (Å²) in [5.74, 6) is 0. The van der Waals surface area contributed by atoms with E-state index in [0.717, 1.165) is 5.69 Å². The molecule has 0 atom stereocenters. The van der Waals surface area contributed by atoms with Crippen molar-refractivity contribution in [3.05, 3.63) is 54.6 Å². The molecule has 2 aromatic carbocycles. The van der Waals surface area contributed by atoms with Crippen LogP contribution in [-0.4, -0.2) is 38.5 Å². The highest BCUT2D eigenvalue weighted by Crippen LogP contribution is 2.20. The number of sulfonamides is 1. The van der Waals surface area contributed by atoms with Crippen LogP contribution in [0.3, 0.4) is 0 Å². The van der Waals surface area contributed by atoms with Crippen molar-refractivity contribution < 1.29 is 8.42 Å². The highest BCUT2D eigenvalue weighted by Gasteiger charge is 2.18. The molecule has 2 rings (SSSR count). The lowest BCUT2D eigenvalue weighted by Gasteiger charge is -2.24. The van der Waals surface area contributed by atoms with Gasteiger partial charge in [-0.3, -0.25) is 0 Å². The van der Waals surface area contributed by atoms with Crippen LogP contribution in [0.25, 0.3) is 0 Å². The molecule has 1 N–H and O–H groups in total. The van der Waals surface area contributed by atoms with Crippen molar-refractivity contribution in [2.45, 2.75) is 11.8 Å². The van der Waals surface area contributed by atoms with Crippen molar-refractivity contribution >= 4 is 38.7 Å². The van der Waals surface area contributed by atoms with Gasteiger partial charge in [-0.05, 0) is 49.5 Å². The predicted octanol–water partition coefficient (Wildman–Crippen LogP) is 3.16. The van der Waals surface area contributed by atoms with Crippen molar-refractivity contribution in [1.29, 1.82) is 0 Å². The molecule has 0 radical (unpaired) electrons. The van der Waals surface area contributed by atoms with Crippen molar-refractivity contribution in [3.63, 3.8) is 0 Å². The molecule has 0 spiro atoms. The van der Waals surface area contributed by atoms with Crippen LogP contribution in [0.4, 0.5) is 11.4 Å². The van der Waals surface area contributed by atoms with Crippen molar-refractivity contribution in [2.24, 2.45) is 0 Å². The molecule has 0 aromatic heterocycles. The summed E-state index contributed by atoms with van der Waals surface area (Å²) in [6.07, 6.45) is 0. The number of thiocarbonyl (C=S) groups is 1. The molecule has 0 amide bonds. The first kappa shape index (κ1) is 18.4. The fourth-order valence-electron chi connectivity index (χ4n) is 2.19. The minimum absolute atomic E-state index is 0.225. The molecular formula is C17H21N3O2S2. The van der Waals surface area contributed by atoms with Crippen molar-refractivity contribution in [2.75, 3.05) is 30.9 Å². The summed E-state index contributed by atoms with van der Waals surface area (Å²) < 4.78 is 25.7. The van der Waals surface area contributed by atoms with E-state index in [0.29, 0.717) is 17.3 Å². The summed E-state index contributed by atoms with van der Waals surface area (Å²) in [6, 6.07) is 16.4. The predicted molar refractivity (Wildman–Crippen MR) is 103 cm³/mol. The van der Waals surface area contributed by atoms with Gasteiger partial charge in [0.25, 0.3) is 0 Å². The Balaban J connectivity index is 2.23. The second-order valence-electron chi connectivity index (χ2n) is 5.33. The zero-order valence-electron chi connectivity index (χ0n) is 13.9. The Morgan fingerprint density at radius 2 is 1.75 bits per heavy atom. The number of nitrogens with one attached hydrogen (secondary N) is 1. The largest absolute Gasteiger partial charge is 0.332 e. The van der Waals surface area contributed by atoms with Gasteiger partial charge in [-0.1, -0.05) is 24.3 Å². The number of para-hydroxylation sites is 1. The van der Waals surface area contributed by atoms with Crippen LogP contribution in [0.5, 0.6) is 0 Å². The van der Waals surface area contributed by atoms with Crippen LogP contribution in [0, 0.1) is 0 Å². The summed E-state index contributed by atoms with van der Waals surface area (Å²) in [5.41, 5.74) is 1.62. The summed E-state index contributed by atoms with van der Waals surface area (Å²) >= 11 is 5.48. The number of rotatable bonds is 5. The molecule has 0 heterocycles. The van der Waals surface area contributed by atoms with Crippen LogP contribution >= 0.6 is 12.2 Å². The molecule has 0 aliphatic heterocycles. The lowest BCUT2D eigenvalue weighted by Crippen LogP contribution is -2.34. The Bertz CT molecular complexity index is 806. The second-order valence-corrected chi connectivity index (χ2v) is 7.86. The molecule has 7 heteroatoms. The molecule has 0 aliphatic carbocycles. The van der Waals surface area contributed by atoms with Gasteiger partial charge < -0.3 is 10.2 Å². The Kier molecular flexibility index (Phi) is 5.93. The van der Waals surface area contributed by atoms with Gasteiger partial charge in [0.1, 0.15) is 0 Å². The summed E-state index contributed by atoms with van der Waals surface area (Å²) in [5, 5.41) is 3.63. The van der Waals surface area contributed by atoms with E-state index in [4.69, 9.17) is 12.2 Å². The fourth-order valence-corrected chi connectivity index (χ4v) is 3.49. The first-order chi connectivity index (χ1) is 11.4. The Hall–Kier alpha value is -1.96. The molecule has 24 heavy (non-hydrogen) atoms. The smallest absolute Gasteiger partial charge is 0.242 e. The molecule has 5 nitrogen and oxygen atoms in total. The van der Waals surface area contributed by atoms with Crippen LogP contribution in [0.1, 0.15) is 6.92 Å². The maximum Gasteiger partial charge on any atom is 0.242 e. The zero-order chi connectivity index (χ0) is 17.7. The highest BCUT2D eigenvalue weighted by molar-refractivity contribution is 7.89. The van der Waals surface area contributed by atoms with E-state index < -0.39 is 10.0 Å². The Morgan fingerprint density at radius 3 is 2.33 bits per heavy atom. The first-order valence-electron chi connectivity index (χ1n) is 7.52. The van der Waals surface area contributed by atoms with Gasteiger partial charge >= 0.3 is 0 Å². The van der Waals surface area contributed by atoms with Crippen LogP contribution in [0.2, 0.25) is 0 Å². The van der Waals surface area contributed by atoms with Gasteiger partial charge in [0.15, 0.2) is 5.11 Å². The molecule has 0 saturated heterocycles. The molecule has 0 bridgehead atoms.